The fraction of sp³-hybridized carbons (Fsp3) is 0.200. The van der Waals surface area contributed by atoms with E-state index in [1.165, 1.54) is 0 Å². The van der Waals surface area contributed by atoms with Crippen molar-refractivity contribution in [3.8, 4) is 5.75 Å². The van der Waals surface area contributed by atoms with Gasteiger partial charge in [-0.05, 0) is 60.1 Å². The first-order valence-corrected chi connectivity index (χ1v) is 8.13. The van der Waals surface area contributed by atoms with E-state index in [4.69, 9.17) is 22.1 Å². The zero-order valence-electron chi connectivity index (χ0n) is 11.2. The van der Waals surface area contributed by atoms with Gasteiger partial charge in [-0.25, -0.2) is 0 Å². The second-order valence-corrected chi connectivity index (χ2v) is 6.92. The number of ether oxygens (including phenoxy) is 1. The molecule has 2 aromatic rings. The van der Waals surface area contributed by atoms with Crippen LogP contribution in [-0.2, 0) is 0 Å². The molecule has 0 aromatic heterocycles. The Balaban J connectivity index is 2.21. The molecule has 0 fully saturated rings. The van der Waals surface area contributed by atoms with E-state index in [2.05, 4.69) is 15.9 Å². The van der Waals surface area contributed by atoms with Crippen molar-refractivity contribution in [1.29, 1.82) is 0 Å². The molecule has 0 saturated carbocycles. The van der Waals surface area contributed by atoms with Gasteiger partial charge in [-0.2, -0.15) is 0 Å². The summed E-state index contributed by atoms with van der Waals surface area (Å²) in [7, 11) is 0. The lowest BCUT2D eigenvalue weighted by atomic mass is 10.3. The van der Waals surface area contributed by atoms with E-state index in [-0.39, 0.29) is 6.10 Å². The highest BCUT2D eigenvalue weighted by molar-refractivity contribution is 9.10. The molecule has 0 aliphatic carbocycles. The summed E-state index contributed by atoms with van der Waals surface area (Å²) in [5, 5.41) is 0.704. The summed E-state index contributed by atoms with van der Waals surface area (Å²) in [5.74, 6) is 0.789. The van der Waals surface area contributed by atoms with Gasteiger partial charge in [0, 0.05) is 31.0 Å². The Morgan fingerprint density at radius 1 is 1.15 bits per heavy atom. The standard InChI is InChI=1S/C15H15BrClNOS/c1-9(2)19-11-4-6-15(13(18)8-11)20-14-5-3-10(17)7-12(14)16/h3-9H,18H2,1-2H3. The molecule has 0 bridgehead atoms. The lowest BCUT2D eigenvalue weighted by Gasteiger charge is -2.12. The Hall–Kier alpha value is -0.840. The van der Waals surface area contributed by atoms with Gasteiger partial charge in [-0.15, -0.1) is 0 Å². The van der Waals surface area contributed by atoms with Crippen molar-refractivity contribution < 1.29 is 4.74 Å². The van der Waals surface area contributed by atoms with E-state index in [1.807, 2.05) is 50.2 Å². The first-order chi connectivity index (χ1) is 9.45. The maximum atomic E-state index is 6.08. The summed E-state index contributed by atoms with van der Waals surface area (Å²) in [6.07, 6.45) is 0.137. The molecule has 0 unspecified atom stereocenters. The average Bonchev–Trinajstić information content (AvgIpc) is 2.34. The first kappa shape index (κ1) is 15.5. The molecule has 2 aromatic carbocycles. The molecule has 0 atom stereocenters. The zero-order valence-corrected chi connectivity index (χ0v) is 14.3. The minimum absolute atomic E-state index is 0.137. The van der Waals surface area contributed by atoms with Crippen LogP contribution in [0.5, 0.6) is 5.75 Å². The van der Waals surface area contributed by atoms with Gasteiger partial charge in [-0.1, -0.05) is 23.4 Å². The molecule has 106 valence electrons. The summed E-state index contributed by atoms with van der Waals surface area (Å²) in [6, 6.07) is 11.5. The summed E-state index contributed by atoms with van der Waals surface area (Å²) >= 11 is 11.0. The van der Waals surface area contributed by atoms with Gasteiger partial charge in [0.1, 0.15) is 5.75 Å². The molecule has 2 N–H and O–H groups in total. The van der Waals surface area contributed by atoms with Crippen LogP contribution in [0.4, 0.5) is 5.69 Å². The average molecular weight is 373 g/mol. The third kappa shape index (κ3) is 4.08. The molecule has 5 heteroatoms. The number of anilines is 1. The van der Waals surface area contributed by atoms with Gasteiger partial charge in [0.15, 0.2) is 0 Å². The number of benzene rings is 2. The van der Waals surface area contributed by atoms with Crippen molar-refractivity contribution in [2.24, 2.45) is 0 Å². The smallest absolute Gasteiger partial charge is 0.121 e. The van der Waals surface area contributed by atoms with E-state index >= 15 is 0 Å². The van der Waals surface area contributed by atoms with E-state index in [0.717, 1.165) is 20.0 Å². The van der Waals surface area contributed by atoms with E-state index < -0.39 is 0 Å². The summed E-state index contributed by atoms with van der Waals surface area (Å²) < 4.78 is 6.58. The number of nitrogen functional groups attached to an aromatic ring is 1. The second kappa shape index (κ2) is 6.74. The van der Waals surface area contributed by atoms with Crippen molar-refractivity contribution in [2.45, 2.75) is 29.7 Å². The third-order valence-corrected chi connectivity index (χ3v) is 4.79. The SMILES string of the molecule is CC(C)Oc1ccc(Sc2ccc(Cl)cc2Br)c(N)c1. The van der Waals surface area contributed by atoms with E-state index in [0.29, 0.717) is 10.7 Å². The highest BCUT2D eigenvalue weighted by Gasteiger charge is 2.08. The fourth-order valence-corrected chi connectivity index (χ4v) is 3.41. The number of halogens is 2. The normalized spacial score (nSPS) is 10.8. The molecule has 0 radical (unpaired) electrons. The molecule has 0 spiro atoms. The van der Waals surface area contributed by atoms with Crippen molar-refractivity contribution in [3.05, 3.63) is 45.9 Å². The lowest BCUT2D eigenvalue weighted by molar-refractivity contribution is 0.242. The highest BCUT2D eigenvalue weighted by atomic mass is 79.9. The van der Waals surface area contributed by atoms with Gasteiger partial charge in [0.2, 0.25) is 0 Å². The highest BCUT2D eigenvalue weighted by Crippen LogP contribution is 2.38. The van der Waals surface area contributed by atoms with Gasteiger partial charge < -0.3 is 10.5 Å². The number of hydrogen-bond donors (Lipinski definition) is 1. The molecule has 0 heterocycles. The molecular weight excluding hydrogens is 358 g/mol. The maximum Gasteiger partial charge on any atom is 0.121 e. The van der Waals surface area contributed by atoms with Gasteiger partial charge >= 0.3 is 0 Å². The van der Waals surface area contributed by atoms with E-state index in [9.17, 15) is 0 Å². The maximum absolute atomic E-state index is 6.08. The van der Waals surface area contributed by atoms with Crippen LogP contribution in [0.1, 0.15) is 13.8 Å². The topological polar surface area (TPSA) is 35.2 Å². The van der Waals surface area contributed by atoms with Crippen LogP contribution in [0.3, 0.4) is 0 Å². The Labute approximate surface area is 136 Å². The Bertz CT molecular complexity index is 619. The lowest BCUT2D eigenvalue weighted by Crippen LogP contribution is -2.05. The van der Waals surface area contributed by atoms with Crippen molar-refractivity contribution in [3.63, 3.8) is 0 Å². The van der Waals surface area contributed by atoms with E-state index in [1.54, 1.807) is 11.8 Å². The van der Waals surface area contributed by atoms with Crippen molar-refractivity contribution in [2.75, 3.05) is 5.73 Å². The molecule has 20 heavy (non-hydrogen) atoms. The van der Waals surface area contributed by atoms with Crippen LogP contribution in [-0.4, -0.2) is 6.10 Å². The van der Waals surface area contributed by atoms with Gasteiger partial charge in [0.05, 0.1) is 6.10 Å². The largest absolute Gasteiger partial charge is 0.491 e. The van der Waals surface area contributed by atoms with Crippen molar-refractivity contribution >= 4 is 45.0 Å². The first-order valence-electron chi connectivity index (χ1n) is 6.15. The fourth-order valence-electron chi connectivity index (χ4n) is 1.64. The molecule has 0 aliphatic heterocycles. The molecule has 2 nitrogen and oxygen atoms in total. The van der Waals surface area contributed by atoms with Crippen LogP contribution in [0.25, 0.3) is 0 Å². The Morgan fingerprint density at radius 2 is 1.85 bits per heavy atom. The monoisotopic (exact) mass is 371 g/mol. The summed E-state index contributed by atoms with van der Waals surface area (Å²) in [6.45, 7) is 3.98. The third-order valence-electron chi connectivity index (χ3n) is 2.47. The summed E-state index contributed by atoms with van der Waals surface area (Å²) in [4.78, 5) is 2.06. The quantitative estimate of drug-likeness (QED) is 0.707. The molecule has 0 saturated heterocycles. The molecule has 0 amide bonds. The molecule has 2 rings (SSSR count). The number of rotatable bonds is 4. The summed E-state index contributed by atoms with van der Waals surface area (Å²) in [5.41, 5.74) is 6.79. The Kier molecular flexibility index (Phi) is 5.24. The number of hydrogen-bond acceptors (Lipinski definition) is 3. The predicted octanol–water partition coefficient (Wildman–Crippen LogP) is 5.62. The predicted molar refractivity (Wildman–Crippen MR) is 89.9 cm³/mol. The van der Waals surface area contributed by atoms with Crippen LogP contribution < -0.4 is 10.5 Å². The van der Waals surface area contributed by atoms with Gasteiger partial charge in [0.25, 0.3) is 0 Å². The second-order valence-electron chi connectivity index (χ2n) is 4.54. The van der Waals surface area contributed by atoms with Gasteiger partial charge in [-0.3, -0.25) is 0 Å². The van der Waals surface area contributed by atoms with Crippen molar-refractivity contribution in [1.82, 2.24) is 0 Å². The van der Waals surface area contributed by atoms with Crippen LogP contribution in [0.15, 0.2) is 50.7 Å². The Morgan fingerprint density at radius 3 is 2.45 bits per heavy atom. The molecular formula is C15H15BrClNOS. The van der Waals surface area contributed by atoms with Crippen LogP contribution >= 0.6 is 39.3 Å². The number of nitrogens with two attached hydrogens (primary N) is 1. The minimum Gasteiger partial charge on any atom is -0.491 e. The zero-order chi connectivity index (χ0) is 14.7. The molecule has 0 aliphatic rings. The van der Waals surface area contributed by atoms with Crippen LogP contribution in [0.2, 0.25) is 5.02 Å². The minimum atomic E-state index is 0.137. The van der Waals surface area contributed by atoms with Crippen LogP contribution in [0, 0.1) is 0 Å².